The summed E-state index contributed by atoms with van der Waals surface area (Å²) in [5, 5.41) is 1.76. The van der Waals surface area contributed by atoms with E-state index in [0.29, 0.717) is 0 Å². The van der Waals surface area contributed by atoms with Crippen LogP contribution in [0.1, 0.15) is 51.9 Å². The van der Waals surface area contributed by atoms with E-state index in [9.17, 15) is 0 Å². The number of rotatable bonds is 8. The molecular formula is C12H22S. The quantitative estimate of drug-likeness (QED) is 0.325. The molecule has 0 spiro atoms. The Morgan fingerprint density at radius 2 is 1.62 bits per heavy atom. The molecule has 0 N–H and O–H groups in total. The van der Waals surface area contributed by atoms with Gasteiger partial charge in [-0.1, -0.05) is 57.3 Å². The van der Waals surface area contributed by atoms with Crippen LogP contribution in [0.5, 0.6) is 0 Å². The molecule has 0 fully saturated rings. The molecule has 0 aliphatic heterocycles. The van der Waals surface area contributed by atoms with Gasteiger partial charge in [0.25, 0.3) is 0 Å². The monoisotopic (exact) mass is 198 g/mol. The van der Waals surface area contributed by atoms with Gasteiger partial charge in [0, 0.05) is 0 Å². The maximum atomic E-state index is 3.97. The fourth-order valence-corrected chi connectivity index (χ4v) is 1.37. The molecule has 0 radical (unpaired) electrons. The molecule has 1 heteroatoms. The van der Waals surface area contributed by atoms with Crippen LogP contribution in [0.2, 0.25) is 0 Å². The van der Waals surface area contributed by atoms with E-state index in [2.05, 4.69) is 31.7 Å². The first-order chi connectivity index (χ1) is 6.41. The first kappa shape index (κ1) is 12.8. The van der Waals surface area contributed by atoms with Crippen LogP contribution in [-0.2, 0) is 0 Å². The van der Waals surface area contributed by atoms with Crippen molar-refractivity contribution in [3.8, 4) is 0 Å². The minimum absolute atomic E-state index is 1.21. The van der Waals surface area contributed by atoms with Crippen molar-refractivity contribution in [3.05, 3.63) is 23.6 Å². The van der Waals surface area contributed by atoms with Gasteiger partial charge < -0.3 is 0 Å². The smallest absolute Gasteiger partial charge is 0.0324 e. The van der Waals surface area contributed by atoms with E-state index in [4.69, 9.17) is 0 Å². The van der Waals surface area contributed by atoms with Gasteiger partial charge >= 0.3 is 0 Å². The summed E-state index contributed by atoms with van der Waals surface area (Å²) in [4.78, 5) is 0. The zero-order valence-corrected chi connectivity index (χ0v) is 9.60. The Kier molecular flexibility index (Phi) is 11.7. The Morgan fingerprint density at radius 1 is 0.923 bits per heavy atom. The molecule has 13 heavy (non-hydrogen) atoms. The lowest BCUT2D eigenvalue weighted by atomic mass is 10.1. The maximum absolute atomic E-state index is 3.97. The van der Waals surface area contributed by atoms with Gasteiger partial charge in [-0.2, -0.15) is 12.6 Å². The van der Waals surface area contributed by atoms with Crippen LogP contribution in [0.4, 0.5) is 0 Å². The summed E-state index contributed by atoms with van der Waals surface area (Å²) in [6.45, 7) is 2.26. The molecule has 0 aromatic carbocycles. The lowest BCUT2D eigenvalue weighted by Crippen LogP contribution is -1.77. The largest absolute Gasteiger partial charge is 0.151 e. The molecule has 0 aliphatic rings. The predicted octanol–water partition coefficient (Wildman–Crippen LogP) is 4.74. The molecule has 0 bridgehead atoms. The average molecular weight is 198 g/mol. The second-order valence-electron chi connectivity index (χ2n) is 3.33. The highest BCUT2D eigenvalue weighted by molar-refractivity contribution is 7.83. The van der Waals surface area contributed by atoms with Crippen molar-refractivity contribution in [2.75, 3.05) is 0 Å². The third-order valence-corrected chi connectivity index (χ3v) is 2.23. The first-order valence-corrected chi connectivity index (χ1v) is 5.89. The van der Waals surface area contributed by atoms with Crippen molar-refractivity contribution in [2.45, 2.75) is 51.9 Å². The maximum Gasteiger partial charge on any atom is -0.0324 e. The van der Waals surface area contributed by atoms with Gasteiger partial charge in [-0.15, -0.1) is 0 Å². The summed E-state index contributed by atoms with van der Waals surface area (Å²) in [7, 11) is 0. The van der Waals surface area contributed by atoms with Crippen molar-refractivity contribution >= 4 is 12.6 Å². The summed E-state index contributed by atoms with van der Waals surface area (Å²) < 4.78 is 0. The van der Waals surface area contributed by atoms with E-state index >= 15 is 0 Å². The number of hydrogen-bond donors (Lipinski definition) is 1. The van der Waals surface area contributed by atoms with E-state index in [-0.39, 0.29) is 0 Å². The lowest BCUT2D eigenvalue weighted by molar-refractivity contribution is 0.611. The Labute approximate surface area is 88.5 Å². The second kappa shape index (κ2) is 11.8. The van der Waals surface area contributed by atoms with E-state index in [1.54, 1.807) is 5.41 Å². The standard InChI is InChI=1S/C12H22S/c1-2-3-4-5-6-7-8-9-10-11-12-13/h9-13H,2-8H2,1H3/b10-9+,12-11+. The number of allylic oxidation sites excluding steroid dienone is 3. The minimum Gasteiger partial charge on any atom is -0.151 e. The summed E-state index contributed by atoms with van der Waals surface area (Å²) in [5.74, 6) is 0. The highest BCUT2D eigenvalue weighted by Gasteiger charge is 1.87. The molecule has 0 saturated heterocycles. The third kappa shape index (κ3) is 11.8. The molecule has 0 aromatic heterocycles. The first-order valence-electron chi connectivity index (χ1n) is 5.37. The summed E-state index contributed by atoms with van der Waals surface area (Å²) in [6, 6.07) is 0. The van der Waals surface area contributed by atoms with Crippen LogP contribution in [0.25, 0.3) is 0 Å². The zero-order valence-electron chi connectivity index (χ0n) is 8.71. The van der Waals surface area contributed by atoms with Gasteiger partial charge in [0.2, 0.25) is 0 Å². The van der Waals surface area contributed by atoms with E-state index in [1.165, 1.54) is 44.9 Å². The molecule has 0 aromatic rings. The average Bonchev–Trinajstić information content (AvgIpc) is 2.16. The normalized spacial score (nSPS) is 11.8. The molecule has 0 atom stereocenters. The Hall–Kier alpha value is -0.170. The van der Waals surface area contributed by atoms with Gasteiger partial charge in [-0.05, 0) is 18.2 Å². The predicted molar refractivity (Wildman–Crippen MR) is 65.3 cm³/mol. The Bertz CT molecular complexity index is 136. The van der Waals surface area contributed by atoms with E-state index in [0.717, 1.165) is 0 Å². The van der Waals surface area contributed by atoms with Crippen molar-refractivity contribution in [1.29, 1.82) is 0 Å². The van der Waals surface area contributed by atoms with Crippen LogP contribution in [0, 0.1) is 0 Å². The van der Waals surface area contributed by atoms with Gasteiger partial charge in [-0.25, -0.2) is 0 Å². The summed E-state index contributed by atoms with van der Waals surface area (Å²) in [5.41, 5.74) is 0. The van der Waals surface area contributed by atoms with Crippen molar-refractivity contribution in [1.82, 2.24) is 0 Å². The molecule has 0 heterocycles. The van der Waals surface area contributed by atoms with Crippen LogP contribution in [0.3, 0.4) is 0 Å². The highest BCUT2D eigenvalue weighted by atomic mass is 32.1. The molecule has 0 nitrogen and oxygen atoms in total. The molecule has 76 valence electrons. The molecule has 0 saturated carbocycles. The zero-order chi connectivity index (χ0) is 9.78. The fourth-order valence-electron chi connectivity index (χ4n) is 1.27. The molecule has 0 rings (SSSR count). The van der Waals surface area contributed by atoms with Crippen LogP contribution in [0.15, 0.2) is 23.6 Å². The molecular weight excluding hydrogens is 176 g/mol. The Balaban J connectivity index is 2.99. The minimum atomic E-state index is 1.21. The summed E-state index contributed by atoms with van der Waals surface area (Å²) in [6.07, 6.45) is 15.7. The number of hydrogen-bond acceptors (Lipinski definition) is 1. The van der Waals surface area contributed by atoms with E-state index < -0.39 is 0 Å². The third-order valence-electron chi connectivity index (χ3n) is 2.06. The van der Waals surface area contributed by atoms with Crippen molar-refractivity contribution in [3.63, 3.8) is 0 Å². The number of thiol groups is 1. The lowest BCUT2D eigenvalue weighted by Gasteiger charge is -1.97. The van der Waals surface area contributed by atoms with Crippen LogP contribution < -0.4 is 0 Å². The van der Waals surface area contributed by atoms with Crippen LogP contribution in [-0.4, -0.2) is 0 Å². The topological polar surface area (TPSA) is 0 Å². The highest BCUT2D eigenvalue weighted by Crippen LogP contribution is 2.06. The van der Waals surface area contributed by atoms with Crippen molar-refractivity contribution in [2.24, 2.45) is 0 Å². The van der Waals surface area contributed by atoms with Crippen LogP contribution >= 0.6 is 12.6 Å². The van der Waals surface area contributed by atoms with Gasteiger partial charge in [0.15, 0.2) is 0 Å². The Morgan fingerprint density at radius 3 is 2.31 bits per heavy atom. The summed E-state index contributed by atoms with van der Waals surface area (Å²) >= 11 is 3.97. The molecule has 0 unspecified atom stereocenters. The van der Waals surface area contributed by atoms with Gasteiger partial charge in [-0.3, -0.25) is 0 Å². The molecule has 0 aliphatic carbocycles. The SMILES string of the molecule is CCCCCCCC/C=C/C=C/S. The van der Waals surface area contributed by atoms with Gasteiger partial charge in [0.1, 0.15) is 0 Å². The fraction of sp³-hybridized carbons (Fsp3) is 0.667. The van der Waals surface area contributed by atoms with Crippen molar-refractivity contribution < 1.29 is 0 Å². The van der Waals surface area contributed by atoms with E-state index in [1.807, 2.05) is 6.08 Å². The number of unbranched alkanes of at least 4 members (excludes halogenated alkanes) is 6. The molecule has 0 amide bonds. The second-order valence-corrected chi connectivity index (χ2v) is 3.62. The van der Waals surface area contributed by atoms with Gasteiger partial charge in [0.05, 0.1) is 0 Å².